The number of carbonyl (C=O) groups excluding carboxylic acids is 1. The summed E-state index contributed by atoms with van der Waals surface area (Å²) in [5, 5.41) is 2.49. The molecule has 0 aromatic carbocycles. The summed E-state index contributed by atoms with van der Waals surface area (Å²) in [6, 6.07) is -0.189. The van der Waals surface area contributed by atoms with Crippen molar-refractivity contribution in [3.8, 4) is 0 Å². The molecule has 0 unspecified atom stereocenters. The van der Waals surface area contributed by atoms with Gasteiger partial charge in [0.2, 0.25) is 0 Å². The summed E-state index contributed by atoms with van der Waals surface area (Å²) in [6.45, 7) is 4.50. The Morgan fingerprint density at radius 1 is 1.53 bits per heavy atom. The third-order valence-electron chi connectivity index (χ3n) is 2.16. The van der Waals surface area contributed by atoms with Crippen molar-refractivity contribution < 1.29 is 9.21 Å². The van der Waals surface area contributed by atoms with Gasteiger partial charge in [0.1, 0.15) is 5.76 Å². The van der Waals surface area contributed by atoms with E-state index in [1.165, 1.54) is 11.9 Å². The van der Waals surface area contributed by atoms with Crippen molar-refractivity contribution in [1.82, 2.24) is 15.0 Å². The van der Waals surface area contributed by atoms with Gasteiger partial charge in [-0.25, -0.2) is 4.79 Å². The number of aromatic nitrogens is 1. The minimum absolute atomic E-state index is 0.189. The highest BCUT2D eigenvalue weighted by atomic mass is 32.2. The monoisotopic (exact) mass is 258 g/mol. The first kappa shape index (κ1) is 13.7. The lowest BCUT2D eigenvalue weighted by atomic mass is 10.4. The van der Waals surface area contributed by atoms with Crippen molar-refractivity contribution in [3.05, 3.63) is 11.7 Å². The highest BCUT2D eigenvalue weighted by Crippen LogP contribution is 2.18. The predicted octanol–water partition coefficient (Wildman–Crippen LogP) is 1.30. The molecule has 17 heavy (non-hydrogen) atoms. The van der Waals surface area contributed by atoms with Crippen LogP contribution in [0.15, 0.2) is 4.42 Å². The van der Waals surface area contributed by atoms with Gasteiger partial charge in [0, 0.05) is 33.3 Å². The van der Waals surface area contributed by atoms with Crippen LogP contribution in [0, 0.1) is 13.8 Å². The van der Waals surface area contributed by atoms with Crippen LogP contribution in [0.5, 0.6) is 0 Å². The fourth-order valence-electron chi connectivity index (χ4n) is 1.33. The molecule has 2 amide bonds. The van der Waals surface area contributed by atoms with Gasteiger partial charge in [-0.1, -0.05) is 0 Å². The first-order valence-electron chi connectivity index (χ1n) is 5.29. The van der Waals surface area contributed by atoms with E-state index in [2.05, 4.69) is 15.0 Å². The summed E-state index contributed by atoms with van der Waals surface area (Å²) >= 11 is 1.36. The smallest absolute Gasteiger partial charge is 0.324 e. The van der Waals surface area contributed by atoms with Crippen molar-refractivity contribution >= 4 is 23.8 Å². The molecule has 7 heteroatoms. The van der Waals surface area contributed by atoms with E-state index in [-0.39, 0.29) is 6.03 Å². The number of nitrogens with zero attached hydrogens (tertiary/aromatic N) is 2. The van der Waals surface area contributed by atoms with Crippen molar-refractivity contribution in [3.63, 3.8) is 0 Å². The van der Waals surface area contributed by atoms with Gasteiger partial charge in [0.05, 0.1) is 0 Å². The third kappa shape index (κ3) is 4.18. The van der Waals surface area contributed by atoms with Gasteiger partial charge < -0.3 is 14.6 Å². The quantitative estimate of drug-likeness (QED) is 0.615. The van der Waals surface area contributed by atoms with E-state index in [9.17, 15) is 4.79 Å². The van der Waals surface area contributed by atoms with Crippen LogP contribution in [0.3, 0.4) is 0 Å². The molecule has 6 nitrogen and oxygen atoms in total. The number of aryl methyl sites for hydroxylation is 2. The Bertz CT molecular complexity index is 380. The normalized spacial score (nSPS) is 10.1. The SMILES string of the molecule is CNC(=O)NSCCN(C)c1nc(C)oc1C. The van der Waals surface area contributed by atoms with E-state index in [0.717, 1.165) is 23.9 Å². The van der Waals surface area contributed by atoms with Gasteiger partial charge in [0.25, 0.3) is 0 Å². The number of rotatable bonds is 5. The predicted molar refractivity (Wildman–Crippen MR) is 69.3 cm³/mol. The van der Waals surface area contributed by atoms with Crippen molar-refractivity contribution in [2.45, 2.75) is 13.8 Å². The molecule has 0 radical (unpaired) electrons. The summed E-state index contributed by atoms with van der Waals surface area (Å²) in [4.78, 5) is 17.2. The fraction of sp³-hybridized carbons (Fsp3) is 0.600. The largest absolute Gasteiger partial charge is 0.444 e. The van der Waals surface area contributed by atoms with Gasteiger partial charge in [-0.15, -0.1) is 0 Å². The molecule has 1 aromatic rings. The Kier molecular flexibility index (Phi) is 5.14. The Morgan fingerprint density at radius 2 is 2.24 bits per heavy atom. The number of anilines is 1. The Morgan fingerprint density at radius 3 is 2.76 bits per heavy atom. The molecule has 0 bridgehead atoms. The van der Waals surface area contributed by atoms with Gasteiger partial charge in [-0.2, -0.15) is 4.98 Å². The maximum absolute atomic E-state index is 10.9. The lowest BCUT2D eigenvalue weighted by Crippen LogP contribution is -2.29. The number of amides is 2. The number of hydrogen-bond donors (Lipinski definition) is 2. The number of hydrogen-bond acceptors (Lipinski definition) is 5. The van der Waals surface area contributed by atoms with Gasteiger partial charge >= 0.3 is 6.03 Å². The van der Waals surface area contributed by atoms with E-state index in [1.807, 2.05) is 25.8 Å². The first-order chi connectivity index (χ1) is 8.04. The number of nitrogens with one attached hydrogen (secondary N) is 2. The van der Waals surface area contributed by atoms with E-state index in [0.29, 0.717) is 5.89 Å². The van der Waals surface area contributed by atoms with Crippen LogP contribution in [-0.2, 0) is 0 Å². The van der Waals surface area contributed by atoms with Crippen LogP contribution < -0.4 is 14.9 Å². The van der Waals surface area contributed by atoms with Crippen LogP contribution in [0.1, 0.15) is 11.7 Å². The molecule has 0 saturated carbocycles. The molecule has 1 aromatic heterocycles. The zero-order chi connectivity index (χ0) is 12.8. The summed E-state index contributed by atoms with van der Waals surface area (Å²) in [6.07, 6.45) is 0. The zero-order valence-corrected chi connectivity index (χ0v) is 11.3. The lowest BCUT2D eigenvalue weighted by molar-refractivity contribution is 0.248. The summed E-state index contributed by atoms with van der Waals surface area (Å²) in [5.41, 5.74) is 0. The highest BCUT2D eigenvalue weighted by Gasteiger charge is 2.11. The van der Waals surface area contributed by atoms with Crippen LogP contribution in [0.2, 0.25) is 0 Å². The molecule has 2 N–H and O–H groups in total. The maximum atomic E-state index is 10.9. The van der Waals surface area contributed by atoms with E-state index < -0.39 is 0 Å². The molecule has 0 aliphatic carbocycles. The molecular weight excluding hydrogens is 240 g/mol. The standard InChI is InChI=1S/C10H18N4O2S/c1-7-9(12-8(2)16-7)14(4)5-6-17-13-10(15)11-3/h5-6H2,1-4H3,(H2,11,13,15). The molecule has 1 heterocycles. The first-order valence-corrected chi connectivity index (χ1v) is 6.28. The lowest BCUT2D eigenvalue weighted by Gasteiger charge is -2.16. The molecule has 96 valence electrons. The number of urea groups is 1. The highest BCUT2D eigenvalue weighted by molar-refractivity contribution is 7.97. The second-order valence-electron chi connectivity index (χ2n) is 3.56. The maximum Gasteiger partial charge on any atom is 0.324 e. The molecule has 0 saturated heterocycles. The average Bonchev–Trinajstić information content (AvgIpc) is 2.63. The third-order valence-corrected chi connectivity index (χ3v) is 2.88. The van der Waals surface area contributed by atoms with Gasteiger partial charge in [-0.3, -0.25) is 4.72 Å². The molecule has 1 rings (SSSR count). The molecular formula is C10H18N4O2S. The Labute approximate surface area is 105 Å². The minimum Gasteiger partial charge on any atom is -0.444 e. The van der Waals surface area contributed by atoms with E-state index in [1.54, 1.807) is 7.05 Å². The van der Waals surface area contributed by atoms with E-state index in [4.69, 9.17) is 4.42 Å². The Balaban J connectivity index is 2.32. The second kappa shape index (κ2) is 6.39. The summed E-state index contributed by atoms with van der Waals surface area (Å²) in [7, 11) is 3.54. The summed E-state index contributed by atoms with van der Waals surface area (Å²) in [5.74, 6) is 3.10. The van der Waals surface area contributed by atoms with Crippen LogP contribution >= 0.6 is 11.9 Å². The van der Waals surface area contributed by atoms with Crippen LogP contribution in [-0.4, -0.2) is 37.4 Å². The molecule has 0 fully saturated rings. The van der Waals surface area contributed by atoms with Crippen molar-refractivity contribution in [1.29, 1.82) is 0 Å². The molecule has 0 spiro atoms. The van der Waals surface area contributed by atoms with Crippen molar-refractivity contribution in [2.75, 3.05) is 31.3 Å². The Hall–Kier alpha value is -1.37. The van der Waals surface area contributed by atoms with Crippen molar-refractivity contribution in [2.24, 2.45) is 0 Å². The fourth-order valence-corrected chi connectivity index (χ4v) is 2.03. The number of carbonyl (C=O) groups is 1. The van der Waals surface area contributed by atoms with Gasteiger partial charge in [0.15, 0.2) is 11.7 Å². The van der Waals surface area contributed by atoms with Crippen LogP contribution in [0.25, 0.3) is 0 Å². The molecule has 0 aliphatic heterocycles. The van der Waals surface area contributed by atoms with Crippen LogP contribution in [0.4, 0.5) is 10.6 Å². The molecule has 0 atom stereocenters. The second-order valence-corrected chi connectivity index (χ2v) is 4.46. The van der Waals surface area contributed by atoms with Gasteiger partial charge in [-0.05, 0) is 18.9 Å². The summed E-state index contributed by atoms with van der Waals surface area (Å²) < 4.78 is 8.01. The molecule has 0 aliphatic rings. The zero-order valence-electron chi connectivity index (χ0n) is 10.5. The minimum atomic E-state index is -0.189. The average molecular weight is 258 g/mol. The van der Waals surface area contributed by atoms with E-state index >= 15 is 0 Å². The number of oxazole rings is 1. The topological polar surface area (TPSA) is 70.4 Å².